The van der Waals surface area contributed by atoms with Crippen molar-refractivity contribution in [1.82, 2.24) is 9.29 Å². The van der Waals surface area contributed by atoms with Crippen LogP contribution >= 0.6 is 22.9 Å². The van der Waals surface area contributed by atoms with Gasteiger partial charge in [-0.1, -0.05) is 11.6 Å². The number of aromatic nitrogens is 1. The number of furan rings is 1. The van der Waals surface area contributed by atoms with E-state index in [0.717, 1.165) is 20.3 Å². The predicted octanol–water partition coefficient (Wildman–Crippen LogP) is 3.28. The molecule has 0 aliphatic rings. The molecule has 0 saturated heterocycles. The molecule has 0 bridgehead atoms. The van der Waals surface area contributed by atoms with E-state index < -0.39 is 10.0 Å². The van der Waals surface area contributed by atoms with Gasteiger partial charge in [-0.2, -0.15) is 4.31 Å². The van der Waals surface area contributed by atoms with Crippen molar-refractivity contribution in [3.05, 3.63) is 51.9 Å². The summed E-state index contributed by atoms with van der Waals surface area (Å²) >= 11 is 7.26. The summed E-state index contributed by atoms with van der Waals surface area (Å²) in [5.74, 6) is 0. The highest BCUT2D eigenvalue weighted by atomic mass is 35.5. The zero-order valence-corrected chi connectivity index (χ0v) is 18.7. The molecule has 0 spiro atoms. The normalized spacial score (nSPS) is 12.3. The summed E-state index contributed by atoms with van der Waals surface area (Å²) in [5.41, 5.74) is 2.04. The van der Waals surface area contributed by atoms with Crippen LogP contribution in [0.2, 0.25) is 4.47 Å². The number of hydrogen-bond acceptors (Lipinski definition) is 8. The first-order chi connectivity index (χ1) is 14.9. The molecular weight excluding hydrogens is 462 g/mol. The second kappa shape index (κ2) is 9.11. The second-order valence-corrected chi connectivity index (χ2v) is 10.4. The Hall–Kier alpha value is -2.21. The van der Waals surface area contributed by atoms with Crippen molar-refractivity contribution < 1.29 is 23.0 Å². The molecule has 164 valence electrons. The van der Waals surface area contributed by atoms with Crippen LogP contribution in [0.15, 0.2) is 51.9 Å². The number of hydrogen-bond donors (Lipinski definition) is 3. The molecule has 0 aliphatic heterocycles. The molecule has 2 aromatic heterocycles. The number of thiazole rings is 1. The van der Waals surface area contributed by atoms with Gasteiger partial charge in [0.15, 0.2) is 4.47 Å². The summed E-state index contributed by atoms with van der Waals surface area (Å²) in [5, 5.41) is 23.1. The van der Waals surface area contributed by atoms with Crippen molar-refractivity contribution in [2.24, 2.45) is 0 Å². The van der Waals surface area contributed by atoms with Gasteiger partial charge in [-0.15, -0.1) is 11.3 Å². The maximum absolute atomic E-state index is 12.9. The van der Waals surface area contributed by atoms with Gasteiger partial charge in [-0.25, -0.2) is 13.4 Å². The Balaban J connectivity index is 1.65. The van der Waals surface area contributed by atoms with Crippen molar-refractivity contribution in [3.63, 3.8) is 0 Å². The fourth-order valence-corrected chi connectivity index (χ4v) is 5.67. The SMILES string of the molecule is O=S(=O)(c1ccc2oc3cc(NCc4cnc(Cl)s4)ccc3c2c1)N(CCO)CCO. The number of benzene rings is 2. The highest BCUT2D eigenvalue weighted by Gasteiger charge is 2.24. The molecule has 2 aromatic carbocycles. The summed E-state index contributed by atoms with van der Waals surface area (Å²) in [7, 11) is -3.87. The van der Waals surface area contributed by atoms with Gasteiger partial charge in [0.2, 0.25) is 10.0 Å². The van der Waals surface area contributed by atoms with E-state index in [9.17, 15) is 18.6 Å². The van der Waals surface area contributed by atoms with Crippen molar-refractivity contribution in [1.29, 1.82) is 0 Å². The molecule has 8 nitrogen and oxygen atoms in total. The number of anilines is 1. The average molecular weight is 482 g/mol. The summed E-state index contributed by atoms with van der Waals surface area (Å²) < 4.78 is 33.3. The van der Waals surface area contributed by atoms with Gasteiger partial charge in [0.05, 0.1) is 24.7 Å². The van der Waals surface area contributed by atoms with Gasteiger partial charge >= 0.3 is 0 Å². The van der Waals surface area contributed by atoms with E-state index in [2.05, 4.69) is 10.3 Å². The van der Waals surface area contributed by atoms with Crippen LogP contribution in [0.25, 0.3) is 21.9 Å². The Kier molecular flexibility index (Phi) is 6.47. The maximum Gasteiger partial charge on any atom is 0.243 e. The van der Waals surface area contributed by atoms with Gasteiger partial charge in [0, 0.05) is 46.7 Å². The first-order valence-corrected chi connectivity index (χ1v) is 12.1. The average Bonchev–Trinajstić information content (AvgIpc) is 3.34. The van der Waals surface area contributed by atoms with Gasteiger partial charge in [-0.3, -0.25) is 0 Å². The molecule has 0 radical (unpaired) electrons. The Bertz CT molecular complexity index is 1310. The van der Waals surface area contributed by atoms with Gasteiger partial charge in [0.1, 0.15) is 11.2 Å². The first-order valence-electron chi connectivity index (χ1n) is 9.44. The summed E-state index contributed by atoms with van der Waals surface area (Å²) in [6.45, 7) is -0.274. The minimum absolute atomic E-state index is 0.0777. The zero-order chi connectivity index (χ0) is 22.0. The van der Waals surface area contributed by atoms with Gasteiger partial charge in [0.25, 0.3) is 0 Å². The molecule has 0 unspecified atom stereocenters. The van der Waals surface area contributed by atoms with Crippen LogP contribution in [-0.2, 0) is 16.6 Å². The summed E-state index contributed by atoms with van der Waals surface area (Å²) in [6, 6.07) is 10.3. The summed E-state index contributed by atoms with van der Waals surface area (Å²) in [4.78, 5) is 5.09. The lowest BCUT2D eigenvalue weighted by atomic mass is 10.1. The van der Waals surface area contributed by atoms with Crippen LogP contribution < -0.4 is 5.32 Å². The molecular formula is C20H20ClN3O5S2. The molecule has 4 aromatic rings. The van der Waals surface area contributed by atoms with E-state index in [1.807, 2.05) is 18.2 Å². The minimum Gasteiger partial charge on any atom is -0.456 e. The first kappa shape index (κ1) is 22.0. The molecule has 31 heavy (non-hydrogen) atoms. The quantitative estimate of drug-likeness (QED) is 0.336. The predicted molar refractivity (Wildman–Crippen MR) is 121 cm³/mol. The molecule has 4 rings (SSSR count). The lowest BCUT2D eigenvalue weighted by molar-refractivity contribution is 0.217. The Morgan fingerprint density at radius 1 is 1.06 bits per heavy atom. The zero-order valence-electron chi connectivity index (χ0n) is 16.3. The molecule has 2 heterocycles. The highest BCUT2D eigenvalue weighted by Crippen LogP contribution is 2.33. The van der Waals surface area contributed by atoms with E-state index in [4.69, 9.17) is 16.0 Å². The van der Waals surface area contributed by atoms with Crippen molar-refractivity contribution in [2.45, 2.75) is 11.4 Å². The molecule has 3 N–H and O–H groups in total. The lowest BCUT2D eigenvalue weighted by Gasteiger charge is -2.20. The summed E-state index contributed by atoms with van der Waals surface area (Å²) in [6.07, 6.45) is 1.72. The highest BCUT2D eigenvalue weighted by molar-refractivity contribution is 7.89. The third kappa shape index (κ3) is 4.54. The third-order valence-electron chi connectivity index (χ3n) is 4.77. The molecule has 0 fully saturated rings. The van der Waals surface area contributed by atoms with E-state index in [0.29, 0.717) is 27.6 Å². The minimum atomic E-state index is -3.87. The Labute approximate surface area is 187 Å². The number of aliphatic hydroxyl groups is 2. The topological polar surface area (TPSA) is 116 Å². The van der Waals surface area contributed by atoms with Crippen molar-refractivity contribution >= 4 is 60.6 Å². The number of sulfonamides is 1. The molecule has 0 saturated carbocycles. The standard InChI is InChI=1S/C20H20ClN3O5S2/c21-20-23-12-14(30-20)11-22-13-1-3-16-17-10-15(2-4-18(17)29-19(16)9-13)31(27,28)24(5-7-25)6-8-26/h1-4,9-10,12,22,25-26H,5-8,11H2. The van der Waals surface area contributed by atoms with Crippen LogP contribution in [0.5, 0.6) is 0 Å². The van der Waals surface area contributed by atoms with E-state index in [-0.39, 0.29) is 31.2 Å². The number of nitrogens with zero attached hydrogens (tertiary/aromatic N) is 2. The van der Waals surface area contributed by atoms with E-state index in [1.54, 1.807) is 18.3 Å². The fraction of sp³-hybridized carbons (Fsp3) is 0.250. The lowest BCUT2D eigenvalue weighted by Crippen LogP contribution is -2.35. The number of nitrogens with one attached hydrogen (secondary N) is 1. The van der Waals surface area contributed by atoms with Crippen molar-refractivity contribution in [3.8, 4) is 0 Å². The monoisotopic (exact) mass is 481 g/mol. The van der Waals surface area contributed by atoms with Gasteiger partial charge in [-0.05, 0) is 30.3 Å². The number of rotatable bonds is 9. The molecule has 0 aliphatic carbocycles. The van der Waals surface area contributed by atoms with E-state index in [1.165, 1.54) is 17.4 Å². The van der Waals surface area contributed by atoms with Crippen LogP contribution in [0.3, 0.4) is 0 Å². The van der Waals surface area contributed by atoms with Gasteiger partial charge < -0.3 is 19.9 Å². The van der Waals surface area contributed by atoms with Crippen LogP contribution in [0.4, 0.5) is 5.69 Å². The molecule has 11 heteroatoms. The van der Waals surface area contributed by atoms with Crippen LogP contribution in [0.1, 0.15) is 4.88 Å². The van der Waals surface area contributed by atoms with Crippen molar-refractivity contribution in [2.75, 3.05) is 31.6 Å². The smallest absolute Gasteiger partial charge is 0.243 e. The maximum atomic E-state index is 12.9. The van der Waals surface area contributed by atoms with Crippen LogP contribution in [-0.4, -0.2) is 54.2 Å². The third-order valence-corrected chi connectivity index (χ3v) is 7.78. The number of halogens is 1. The number of aliphatic hydroxyl groups excluding tert-OH is 2. The number of fused-ring (bicyclic) bond motifs is 3. The fourth-order valence-electron chi connectivity index (χ4n) is 3.31. The largest absolute Gasteiger partial charge is 0.456 e. The van der Waals surface area contributed by atoms with E-state index >= 15 is 0 Å². The van der Waals surface area contributed by atoms with Crippen LogP contribution in [0, 0.1) is 0 Å². The Morgan fingerprint density at radius 2 is 1.84 bits per heavy atom. The Morgan fingerprint density at radius 3 is 2.52 bits per heavy atom. The second-order valence-electron chi connectivity index (χ2n) is 6.76. The molecule has 0 amide bonds. The molecule has 0 atom stereocenters.